The van der Waals surface area contributed by atoms with Gasteiger partial charge >= 0.3 is 5.97 Å². The maximum Gasteiger partial charge on any atom is 0.330 e. The van der Waals surface area contributed by atoms with E-state index in [1.54, 1.807) is 36.4 Å². The average Bonchev–Trinajstić information content (AvgIpc) is 2.54. The molecule has 1 aliphatic rings. The number of fused-ring (bicyclic) bond motifs is 1. The number of hydrogen-bond donors (Lipinski definition) is 0. The van der Waals surface area contributed by atoms with Crippen molar-refractivity contribution < 1.29 is 22.7 Å². The Morgan fingerprint density at radius 2 is 1.82 bits per heavy atom. The van der Waals surface area contributed by atoms with E-state index in [1.807, 2.05) is 0 Å². The van der Waals surface area contributed by atoms with Crippen LogP contribution in [0.25, 0.3) is 0 Å². The van der Waals surface area contributed by atoms with Crippen LogP contribution in [0.3, 0.4) is 0 Å². The molecular weight excluding hydrogens is 304 g/mol. The van der Waals surface area contributed by atoms with Gasteiger partial charge in [0.1, 0.15) is 0 Å². The summed E-state index contributed by atoms with van der Waals surface area (Å²) >= 11 is 0. The third-order valence-corrected chi connectivity index (χ3v) is 5.64. The Hall–Kier alpha value is -2.34. The van der Waals surface area contributed by atoms with Gasteiger partial charge in [0.05, 0.1) is 12.0 Å². The minimum Gasteiger partial charge on any atom is -0.493 e. The molecule has 1 aliphatic heterocycles. The fourth-order valence-corrected chi connectivity index (χ4v) is 4.02. The average molecular weight is 318 g/mol. The van der Waals surface area contributed by atoms with Crippen LogP contribution in [0, 0.1) is 0 Å². The molecule has 3 rings (SSSR count). The van der Waals surface area contributed by atoms with Crippen molar-refractivity contribution in [3.05, 3.63) is 54.1 Å². The second-order valence-electron chi connectivity index (χ2n) is 4.92. The smallest absolute Gasteiger partial charge is 0.330 e. The first-order valence-corrected chi connectivity index (χ1v) is 8.25. The third-order valence-electron chi connectivity index (χ3n) is 3.60. The number of carbonyl (C=O) groups is 1. The van der Waals surface area contributed by atoms with E-state index in [0.717, 1.165) is 0 Å². The maximum absolute atomic E-state index is 12.6. The molecule has 22 heavy (non-hydrogen) atoms. The molecule has 0 bridgehead atoms. The number of hydrogen-bond acceptors (Lipinski definition) is 5. The molecule has 0 saturated heterocycles. The molecule has 1 atom stereocenters. The number of para-hydroxylation sites is 1. The summed E-state index contributed by atoms with van der Waals surface area (Å²) in [7, 11) is -2.32. The van der Waals surface area contributed by atoms with Gasteiger partial charge in [-0.1, -0.05) is 30.3 Å². The van der Waals surface area contributed by atoms with E-state index in [-0.39, 0.29) is 11.3 Å². The maximum atomic E-state index is 12.6. The lowest BCUT2D eigenvalue weighted by atomic mass is 10.1. The van der Waals surface area contributed by atoms with Gasteiger partial charge in [-0.2, -0.15) is 0 Å². The predicted molar refractivity (Wildman–Crippen MR) is 79.7 cm³/mol. The summed E-state index contributed by atoms with van der Waals surface area (Å²) in [4.78, 5) is 12.3. The Morgan fingerprint density at radius 1 is 1.09 bits per heavy atom. The van der Waals surface area contributed by atoms with E-state index in [0.29, 0.717) is 17.1 Å². The van der Waals surface area contributed by atoms with Crippen molar-refractivity contribution in [1.82, 2.24) is 0 Å². The van der Waals surface area contributed by atoms with Crippen LogP contribution in [-0.2, 0) is 21.1 Å². The lowest BCUT2D eigenvalue weighted by Crippen LogP contribution is -2.39. The number of carbonyl (C=O) groups excluding carboxylic acids is 1. The molecule has 2 aromatic rings. The van der Waals surface area contributed by atoms with E-state index in [1.165, 1.54) is 19.2 Å². The van der Waals surface area contributed by atoms with Crippen molar-refractivity contribution in [2.24, 2.45) is 0 Å². The van der Waals surface area contributed by atoms with Gasteiger partial charge in [-0.3, -0.25) is 4.79 Å². The molecule has 0 spiro atoms. The third kappa shape index (κ3) is 2.35. The number of methoxy groups -OCH3 is 1. The molecule has 0 aliphatic carbocycles. The summed E-state index contributed by atoms with van der Waals surface area (Å²) < 4.78 is 35.6. The van der Waals surface area contributed by atoms with Crippen LogP contribution in [-0.4, -0.2) is 26.7 Å². The summed E-state index contributed by atoms with van der Waals surface area (Å²) in [6.07, 6.45) is 0.0720. The Morgan fingerprint density at radius 3 is 2.50 bits per heavy atom. The molecule has 2 aromatic carbocycles. The predicted octanol–water partition coefficient (Wildman–Crippen LogP) is 2.00. The normalized spacial score (nSPS) is 17.5. The SMILES string of the molecule is COc1cccc2c1OC(=O)C(S(=O)(=O)c1ccccc1)C2. The number of ether oxygens (including phenoxy) is 2. The molecule has 0 amide bonds. The Labute approximate surface area is 128 Å². The zero-order valence-electron chi connectivity index (χ0n) is 11.9. The van der Waals surface area contributed by atoms with E-state index in [2.05, 4.69) is 0 Å². The first kappa shape index (κ1) is 14.6. The molecule has 0 fully saturated rings. The zero-order valence-corrected chi connectivity index (χ0v) is 12.7. The highest BCUT2D eigenvalue weighted by Crippen LogP contribution is 2.37. The van der Waals surface area contributed by atoms with Crippen LogP contribution >= 0.6 is 0 Å². The minimum atomic E-state index is -3.79. The Balaban J connectivity index is 2.02. The molecule has 0 radical (unpaired) electrons. The molecule has 1 heterocycles. The first-order valence-electron chi connectivity index (χ1n) is 6.70. The molecule has 0 N–H and O–H groups in total. The topological polar surface area (TPSA) is 69.7 Å². The minimum absolute atomic E-state index is 0.0720. The van der Waals surface area contributed by atoms with Gasteiger partial charge in [0.2, 0.25) is 0 Å². The van der Waals surface area contributed by atoms with E-state index in [4.69, 9.17) is 9.47 Å². The van der Waals surface area contributed by atoms with Gasteiger partial charge in [-0.25, -0.2) is 8.42 Å². The van der Waals surface area contributed by atoms with E-state index in [9.17, 15) is 13.2 Å². The summed E-state index contributed by atoms with van der Waals surface area (Å²) in [6.45, 7) is 0. The molecule has 114 valence electrons. The molecule has 0 saturated carbocycles. The highest BCUT2D eigenvalue weighted by atomic mass is 32.2. The largest absolute Gasteiger partial charge is 0.493 e. The van der Waals surface area contributed by atoms with Crippen LogP contribution in [0.5, 0.6) is 11.5 Å². The van der Waals surface area contributed by atoms with Crippen LogP contribution in [0.2, 0.25) is 0 Å². The van der Waals surface area contributed by atoms with Crippen molar-refractivity contribution in [1.29, 1.82) is 0 Å². The van der Waals surface area contributed by atoms with Gasteiger partial charge in [-0.15, -0.1) is 0 Å². The second kappa shape index (κ2) is 5.46. The monoisotopic (exact) mass is 318 g/mol. The van der Waals surface area contributed by atoms with Crippen molar-refractivity contribution >= 4 is 15.8 Å². The van der Waals surface area contributed by atoms with Crippen LogP contribution < -0.4 is 9.47 Å². The molecule has 1 unspecified atom stereocenters. The quantitative estimate of drug-likeness (QED) is 0.639. The lowest BCUT2D eigenvalue weighted by Gasteiger charge is -2.24. The summed E-state index contributed by atoms with van der Waals surface area (Å²) in [5.74, 6) is -0.0585. The van der Waals surface area contributed by atoms with Gasteiger partial charge in [-0.05, 0) is 18.2 Å². The van der Waals surface area contributed by atoms with Gasteiger partial charge in [0.15, 0.2) is 26.6 Å². The zero-order chi connectivity index (χ0) is 15.7. The number of benzene rings is 2. The molecular formula is C16H14O5S. The number of rotatable bonds is 3. The fourth-order valence-electron chi connectivity index (χ4n) is 2.46. The summed E-state index contributed by atoms with van der Waals surface area (Å²) in [5, 5.41) is -1.24. The summed E-state index contributed by atoms with van der Waals surface area (Å²) in [6, 6.07) is 13.1. The first-order chi connectivity index (χ1) is 10.5. The standard InChI is InChI=1S/C16H14O5S/c1-20-13-9-5-6-11-10-14(16(17)21-15(11)13)22(18,19)12-7-3-2-4-8-12/h2-9,14H,10H2,1H3. The molecule has 5 nitrogen and oxygen atoms in total. The summed E-state index contributed by atoms with van der Waals surface area (Å²) in [5.41, 5.74) is 0.642. The second-order valence-corrected chi connectivity index (χ2v) is 7.05. The molecule has 0 aromatic heterocycles. The van der Waals surface area contributed by atoms with Crippen molar-refractivity contribution in [2.45, 2.75) is 16.6 Å². The van der Waals surface area contributed by atoms with Gasteiger partial charge < -0.3 is 9.47 Å². The number of esters is 1. The highest BCUT2D eigenvalue weighted by Gasteiger charge is 2.40. The van der Waals surface area contributed by atoms with Crippen molar-refractivity contribution in [3.8, 4) is 11.5 Å². The van der Waals surface area contributed by atoms with Gasteiger partial charge in [0, 0.05) is 12.0 Å². The van der Waals surface area contributed by atoms with Crippen molar-refractivity contribution in [3.63, 3.8) is 0 Å². The van der Waals surface area contributed by atoms with E-state index >= 15 is 0 Å². The van der Waals surface area contributed by atoms with Crippen molar-refractivity contribution in [2.75, 3.05) is 7.11 Å². The van der Waals surface area contributed by atoms with Crippen LogP contribution in [0.15, 0.2) is 53.4 Å². The lowest BCUT2D eigenvalue weighted by molar-refractivity contribution is -0.134. The van der Waals surface area contributed by atoms with Crippen LogP contribution in [0.1, 0.15) is 5.56 Å². The number of sulfone groups is 1. The fraction of sp³-hybridized carbons (Fsp3) is 0.188. The highest BCUT2D eigenvalue weighted by molar-refractivity contribution is 7.92. The molecule has 6 heteroatoms. The van der Waals surface area contributed by atoms with Gasteiger partial charge in [0.25, 0.3) is 0 Å². The van der Waals surface area contributed by atoms with Crippen LogP contribution in [0.4, 0.5) is 0 Å². The Kier molecular flexibility index (Phi) is 3.62. The van der Waals surface area contributed by atoms with E-state index < -0.39 is 21.1 Å². The Bertz CT molecular complexity index is 812.